The molecule has 0 saturated heterocycles. The smallest absolute Gasteiger partial charge is 0.239 e. The van der Waals surface area contributed by atoms with Crippen LogP contribution in [0, 0.1) is 5.82 Å². The van der Waals surface area contributed by atoms with E-state index in [4.69, 9.17) is 4.74 Å². The van der Waals surface area contributed by atoms with E-state index in [0.29, 0.717) is 18.5 Å². The minimum absolute atomic E-state index is 0.0913. The van der Waals surface area contributed by atoms with Crippen LogP contribution in [-0.2, 0) is 22.4 Å². The second kappa shape index (κ2) is 9.42. The number of halogens is 1. The molecule has 2 N–H and O–H groups in total. The summed E-state index contributed by atoms with van der Waals surface area (Å²) in [6.45, 7) is 0.360. The fourth-order valence-electron chi connectivity index (χ4n) is 2.34. The molecule has 0 spiro atoms. The van der Waals surface area contributed by atoms with Gasteiger partial charge in [-0.1, -0.05) is 30.3 Å². The van der Waals surface area contributed by atoms with E-state index in [1.54, 1.807) is 19.2 Å². The molecule has 0 heterocycles. The van der Waals surface area contributed by atoms with Crippen LogP contribution in [0.15, 0.2) is 48.5 Å². The van der Waals surface area contributed by atoms with Crippen molar-refractivity contribution in [2.45, 2.75) is 12.8 Å². The van der Waals surface area contributed by atoms with E-state index < -0.39 is 0 Å². The number of carbonyl (C=O) groups excluding carboxylic acids is 2. The molecular weight excluding hydrogens is 323 g/mol. The second-order valence-corrected chi connectivity index (χ2v) is 5.49. The van der Waals surface area contributed by atoms with Crippen LogP contribution in [0.3, 0.4) is 0 Å². The Morgan fingerprint density at radius 2 is 1.72 bits per heavy atom. The highest BCUT2D eigenvalue weighted by Crippen LogP contribution is 2.17. The molecule has 0 saturated carbocycles. The highest BCUT2D eigenvalue weighted by atomic mass is 19.1. The zero-order chi connectivity index (χ0) is 18.1. The Hall–Kier alpha value is -2.89. The molecular formula is C19H21FN2O3. The molecule has 0 bridgehead atoms. The maximum absolute atomic E-state index is 12.8. The van der Waals surface area contributed by atoms with Gasteiger partial charge in [-0.3, -0.25) is 9.59 Å². The molecule has 0 unspecified atom stereocenters. The van der Waals surface area contributed by atoms with Gasteiger partial charge >= 0.3 is 0 Å². The van der Waals surface area contributed by atoms with E-state index in [9.17, 15) is 14.0 Å². The number of rotatable bonds is 8. The molecule has 0 atom stereocenters. The van der Waals surface area contributed by atoms with Gasteiger partial charge in [0.1, 0.15) is 11.6 Å². The maximum atomic E-state index is 12.8. The zero-order valence-corrected chi connectivity index (χ0v) is 14.0. The summed E-state index contributed by atoms with van der Waals surface area (Å²) in [6.07, 6.45) is 0.744. The van der Waals surface area contributed by atoms with Crippen molar-refractivity contribution in [2.75, 3.05) is 20.2 Å². The minimum atomic E-state index is -0.349. The first-order valence-electron chi connectivity index (χ1n) is 7.98. The maximum Gasteiger partial charge on any atom is 0.239 e. The van der Waals surface area contributed by atoms with Gasteiger partial charge in [-0.25, -0.2) is 4.39 Å². The number of nitrogens with one attached hydrogen (secondary N) is 2. The fraction of sp³-hybridized carbons (Fsp3) is 0.263. The van der Waals surface area contributed by atoms with Gasteiger partial charge in [-0.15, -0.1) is 0 Å². The minimum Gasteiger partial charge on any atom is -0.496 e. The fourth-order valence-corrected chi connectivity index (χ4v) is 2.34. The van der Waals surface area contributed by atoms with Crippen molar-refractivity contribution in [1.29, 1.82) is 0 Å². The van der Waals surface area contributed by atoms with E-state index in [-0.39, 0.29) is 30.6 Å². The molecule has 2 aromatic rings. The quantitative estimate of drug-likeness (QED) is 0.768. The van der Waals surface area contributed by atoms with Gasteiger partial charge in [0.2, 0.25) is 11.8 Å². The van der Waals surface area contributed by atoms with Crippen LogP contribution >= 0.6 is 0 Å². The van der Waals surface area contributed by atoms with Crippen LogP contribution < -0.4 is 15.4 Å². The molecule has 0 radical (unpaired) electrons. The highest BCUT2D eigenvalue weighted by Gasteiger charge is 2.07. The number of hydrogen-bond donors (Lipinski definition) is 2. The SMILES string of the molecule is COc1ccccc1CCNC(=O)CNC(=O)Cc1ccc(F)cc1. The van der Waals surface area contributed by atoms with Gasteiger partial charge in [-0.05, 0) is 35.7 Å². The Kier molecular flexibility index (Phi) is 6.95. The number of hydrogen-bond acceptors (Lipinski definition) is 3. The Morgan fingerprint density at radius 3 is 2.44 bits per heavy atom. The van der Waals surface area contributed by atoms with Crippen molar-refractivity contribution in [3.05, 3.63) is 65.5 Å². The number of ether oxygens (including phenoxy) is 1. The summed E-state index contributed by atoms with van der Waals surface area (Å²) in [4.78, 5) is 23.6. The zero-order valence-electron chi connectivity index (χ0n) is 14.0. The lowest BCUT2D eigenvalue weighted by atomic mass is 10.1. The largest absolute Gasteiger partial charge is 0.496 e. The Labute approximate surface area is 146 Å². The first-order chi connectivity index (χ1) is 12.1. The summed E-state index contributed by atoms with van der Waals surface area (Å²) in [6, 6.07) is 13.3. The third kappa shape index (κ3) is 6.25. The van der Waals surface area contributed by atoms with Gasteiger partial charge in [0.15, 0.2) is 0 Å². The van der Waals surface area contributed by atoms with E-state index in [1.165, 1.54) is 12.1 Å². The molecule has 2 amide bonds. The van der Waals surface area contributed by atoms with Crippen LogP contribution in [0.1, 0.15) is 11.1 Å². The summed E-state index contributed by atoms with van der Waals surface area (Å²) in [7, 11) is 1.61. The first-order valence-corrected chi connectivity index (χ1v) is 7.98. The Morgan fingerprint density at radius 1 is 1.00 bits per heavy atom. The monoisotopic (exact) mass is 344 g/mol. The van der Waals surface area contributed by atoms with E-state index in [0.717, 1.165) is 11.3 Å². The standard InChI is InChI=1S/C19H21FN2O3/c1-25-17-5-3-2-4-15(17)10-11-21-19(24)13-22-18(23)12-14-6-8-16(20)9-7-14/h2-9H,10-13H2,1H3,(H,21,24)(H,22,23). The predicted molar refractivity (Wildman–Crippen MR) is 92.8 cm³/mol. The van der Waals surface area contributed by atoms with E-state index >= 15 is 0 Å². The van der Waals surface area contributed by atoms with Crippen molar-refractivity contribution < 1.29 is 18.7 Å². The lowest BCUT2D eigenvalue weighted by Gasteiger charge is -2.09. The van der Waals surface area contributed by atoms with Gasteiger partial charge in [0, 0.05) is 6.54 Å². The van der Waals surface area contributed by atoms with Crippen LogP contribution in [-0.4, -0.2) is 32.0 Å². The third-order valence-electron chi connectivity index (χ3n) is 3.63. The molecule has 2 aromatic carbocycles. The van der Waals surface area contributed by atoms with Crippen molar-refractivity contribution in [1.82, 2.24) is 10.6 Å². The molecule has 0 aliphatic carbocycles. The van der Waals surface area contributed by atoms with Gasteiger partial charge in [-0.2, -0.15) is 0 Å². The first kappa shape index (κ1) is 18.4. The van der Waals surface area contributed by atoms with Crippen molar-refractivity contribution in [3.63, 3.8) is 0 Å². The Balaban J connectivity index is 1.68. The number of methoxy groups -OCH3 is 1. The average molecular weight is 344 g/mol. The van der Waals surface area contributed by atoms with Crippen molar-refractivity contribution in [2.24, 2.45) is 0 Å². The van der Waals surface area contributed by atoms with Crippen LogP contribution in [0.25, 0.3) is 0 Å². The predicted octanol–water partition coefficient (Wildman–Crippen LogP) is 1.85. The summed E-state index contributed by atoms with van der Waals surface area (Å²) in [5, 5.41) is 5.30. The molecule has 5 nitrogen and oxygen atoms in total. The number of carbonyl (C=O) groups is 2. The molecule has 6 heteroatoms. The molecule has 0 aromatic heterocycles. The normalized spacial score (nSPS) is 10.2. The lowest BCUT2D eigenvalue weighted by molar-refractivity contribution is -0.125. The lowest BCUT2D eigenvalue weighted by Crippen LogP contribution is -2.38. The molecule has 25 heavy (non-hydrogen) atoms. The topological polar surface area (TPSA) is 67.4 Å². The van der Waals surface area contributed by atoms with Crippen LogP contribution in [0.2, 0.25) is 0 Å². The average Bonchev–Trinajstić information content (AvgIpc) is 2.62. The highest BCUT2D eigenvalue weighted by molar-refractivity contribution is 5.85. The van der Waals surface area contributed by atoms with Gasteiger partial charge in [0.25, 0.3) is 0 Å². The Bertz CT molecular complexity index is 717. The second-order valence-electron chi connectivity index (χ2n) is 5.49. The summed E-state index contributed by atoms with van der Waals surface area (Å²) < 4.78 is 18.1. The van der Waals surface area contributed by atoms with Gasteiger partial charge < -0.3 is 15.4 Å². The third-order valence-corrected chi connectivity index (χ3v) is 3.63. The molecule has 0 aliphatic heterocycles. The molecule has 132 valence electrons. The van der Waals surface area contributed by atoms with Crippen molar-refractivity contribution >= 4 is 11.8 Å². The van der Waals surface area contributed by atoms with Crippen LogP contribution in [0.4, 0.5) is 4.39 Å². The van der Waals surface area contributed by atoms with Crippen molar-refractivity contribution in [3.8, 4) is 5.75 Å². The molecule has 0 aliphatic rings. The summed E-state index contributed by atoms with van der Waals surface area (Å²) in [5.74, 6) is -0.114. The summed E-state index contributed by atoms with van der Waals surface area (Å²) in [5.41, 5.74) is 1.70. The molecule has 2 rings (SSSR count). The van der Waals surface area contributed by atoms with Gasteiger partial charge in [0.05, 0.1) is 20.1 Å². The number of para-hydroxylation sites is 1. The summed E-state index contributed by atoms with van der Waals surface area (Å²) >= 11 is 0. The number of amides is 2. The van der Waals surface area contributed by atoms with Crippen LogP contribution in [0.5, 0.6) is 5.75 Å². The van der Waals surface area contributed by atoms with E-state index in [2.05, 4.69) is 10.6 Å². The molecule has 0 fully saturated rings. The number of benzene rings is 2. The van der Waals surface area contributed by atoms with E-state index in [1.807, 2.05) is 24.3 Å².